The number of benzene rings is 1. The molecule has 26 heavy (non-hydrogen) atoms. The van der Waals surface area contributed by atoms with Gasteiger partial charge in [0.15, 0.2) is 0 Å². The van der Waals surface area contributed by atoms with Crippen LogP contribution in [0.4, 0.5) is 16.3 Å². The van der Waals surface area contributed by atoms with Crippen molar-refractivity contribution < 1.29 is 4.39 Å². The van der Waals surface area contributed by atoms with E-state index in [1.54, 1.807) is 0 Å². The Kier molecular flexibility index (Phi) is 5.51. The van der Waals surface area contributed by atoms with Gasteiger partial charge in [-0.3, -0.25) is 13.4 Å². The normalized spacial score (nSPS) is 24.5. The molecule has 0 aliphatic carbocycles. The molecule has 0 spiro atoms. The van der Waals surface area contributed by atoms with E-state index in [0.29, 0.717) is 18.5 Å². The molecule has 140 valence electrons. The molecule has 1 unspecified atom stereocenters. The summed E-state index contributed by atoms with van der Waals surface area (Å²) in [6, 6.07) is 8.16. The van der Waals surface area contributed by atoms with Gasteiger partial charge in [-0.05, 0) is 37.0 Å². The molecule has 2 aliphatic heterocycles. The Morgan fingerprint density at radius 3 is 2.58 bits per heavy atom. The van der Waals surface area contributed by atoms with E-state index in [-0.39, 0.29) is 6.04 Å². The molecule has 0 radical (unpaired) electrons. The van der Waals surface area contributed by atoms with Crippen molar-refractivity contribution in [1.29, 1.82) is 0 Å². The summed E-state index contributed by atoms with van der Waals surface area (Å²) < 4.78 is 17.2. The van der Waals surface area contributed by atoms with Crippen LogP contribution in [-0.2, 0) is 6.42 Å². The Balaban J connectivity index is 1.34. The van der Waals surface area contributed by atoms with E-state index in [4.69, 9.17) is 11.6 Å². The molecular weight excluding hydrogens is 470 g/mol. The van der Waals surface area contributed by atoms with Gasteiger partial charge >= 0.3 is 0 Å². The average molecular weight is 491 g/mol. The largest absolute Gasteiger partial charge is 0.341 e. The van der Waals surface area contributed by atoms with Gasteiger partial charge in [-0.1, -0.05) is 23.7 Å². The number of piperidine rings is 1. The van der Waals surface area contributed by atoms with Crippen molar-refractivity contribution >= 4 is 46.4 Å². The fourth-order valence-electron chi connectivity index (χ4n) is 3.90. The van der Waals surface area contributed by atoms with Crippen LogP contribution in [0, 0.1) is 0 Å². The van der Waals surface area contributed by atoms with Crippen molar-refractivity contribution in [3.8, 4) is 0 Å². The lowest BCUT2D eigenvalue weighted by Gasteiger charge is -2.50. The maximum Gasteiger partial charge on any atom is 0.232 e. The smallest absolute Gasteiger partial charge is 0.232 e. The van der Waals surface area contributed by atoms with Gasteiger partial charge in [-0.25, -0.2) is 4.39 Å². The van der Waals surface area contributed by atoms with Crippen molar-refractivity contribution in [3.05, 3.63) is 34.9 Å². The molecule has 2 N–H and O–H groups in total. The zero-order valence-corrected chi connectivity index (χ0v) is 17.1. The first-order valence-electron chi connectivity index (χ1n) is 8.82. The second-order valence-corrected chi connectivity index (χ2v) is 7.90. The number of nitrogens with zero attached hydrogens (tertiary/aromatic N) is 4. The highest BCUT2D eigenvalue weighted by atomic mass is 127. The number of H-pyrrole nitrogens is 1. The molecule has 4 rings (SSSR count). The molecule has 0 amide bonds. The lowest BCUT2D eigenvalue weighted by Crippen LogP contribution is -2.64. The highest BCUT2D eigenvalue weighted by Crippen LogP contribution is 2.32. The van der Waals surface area contributed by atoms with E-state index in [2.05, 4.69) is 28.5 Å². The molecule has 0 saturated carbocycles. The summed E-state index contributed by atoms with van der Waals surface area (Å²) >= 11 is 7.97. The lowest BCUT2D eigenvalue weighted by molar-refractivity contribution is -0.0472. The predicted octanol–water partition coefficient (Wildman–Crippen LogP) is 3.45. The molecule has 2 aromatic rings. The number of alkyl halides is 1. The maximum atomic E-state index is 14.2. The third-order valence-corrected chi connectivity index (χ3v) is 6.15. The number of halogens is 3. The standard InChI is InChI=1S/C17H21ClFIN6/c18-12-3-1-11(2-4-12)9-15-14(19)10-26(15)13-5-7-25(8-6-13)17-21-16(22-20)23-24-17/h1-4,13-15H,5-10H2,(H2,21,22,23,24)/t14-,15?/m1/s1. The molecule has 9 heteroatoms. The van der Waals surface area contributed by atoms with Crippen LogP contribution in [0.3, 0.4) is 0 Å². The van der Waals surface area contributed by atoms with Gasteiger partial charge in [0.25, 0.3) is 0 Å². The molecule has 2 saturated heterocycles. The van der Waals surface area contributed by atoms with Crippen molar-refractivity contribution in [2.75, 3.05) is 28.1 Å². The van der Waals surface area contributed by atoms with Gasteiger partial charge in [0.2, 0.25) is 11.9 Å². The minimum atomic E-state index is -0.740. The third kappa shape index (κ3) is 3.77. The zero-order chi connectivity index (χ0) is 18.1. The molecular formula is C17H21ClFIN6. The Bertz CT molecular complexity index is 733. The lowest BCUT2D eigenvalue weighted by atomic mass is 9.88. The highest BCUT2D eigenvalue weighted by Gasteiger charge is 2.43. The zero-order valence-electron chi connectivity index (χ0n) is 14.2. The molecule has 1 aromatic carbocycles. The highest BCUT2D eigenvalue weighted by molar-refractivity contribution is 14.1. The summed E-state index contributed by atoms with van der Waals surface area (Å²) in [7, 11) is 0. The van der Waals surface area contributed by atoms with Crippen LogP contribution in [0.15, 0.2) is 24.3 Å². The van der Waals surface area contributed by atoms with Crippen LogP contribution in [0.25, 0.3) is 0 Å². The number of nitrogens with one attached hydrogen (secondary N) is 2. The van der Waals surface area contributed by atoms with Crippen LogP contribution < -0.4 is 8.43 Å². The molecule has 0 bridgehead atoms. The minimum Gasteiger partial charge on any atom is -0.341 e. The van der Waals surface area contributed by atoms with E-state index in [0.717, 1.165) is 48.9 Å². The minimum absolute atomic E-state index is 0.0205. The number of aromatic amines is 1. The summed E-state index contributed by atoms with van der Waals surface area (Å²) in [6.07, 6.45) is 2.02. The second-order valence-electron chi connectivity index (χ2n) is 6.92. The van der Waals surface area contributed by atoms with Crippen molar-refractivity contribution in [2.45, 2.75) is 37.5 Å². The molecule has 6 nitrogen and oxygen atoms in total. The number of likely N-dealkylation sites (tertiary alicyclic amines) is 1. The number of hydrogen-bond acceptors (Lipinski definition) is 5. The number of hydrogen-bond donors (Lipinski definition) is 2. The summed E-state index contributed by atoms with van der Waals surface area (Å²) in [5.41, 5.74) is 1.14. The Morgan fingerprint density at radius 1 is 1.23 bits per heavy atom. The van der Waals surface area contributed by atoms with E-state index in [1.165, 1.54) is 0 Å². The molecule has 3 heterocycles. The van der Waals surface area contributed by atoms with Crippen LogP contribution in [-0.4, -0.2) is 58.0 Å². The van der Waals surface area contributed by atoms with Gasteiger partial charge in [0.1, 0.15) is 6.17 Å². The summed E-state index contributed by atoms with van der Waals surface area (Å²) in [4.78, 5) is 7.71. The van der Waals surface area contributed by atoms with Crippen molar-refractivity contribution in [1.82, 2.24) is 20.1 Å². The van der Waals surface area contributed by atoms with Gasteiger partial charge in [0.05, 0.1) is 22.9 Å². The van der Waals surface area contributed by atoms with Gasteiger partial charge in [0, 0.05) is 36.7 Å². The Labute approximate surface area is 171 Å². The average Bonchev–Trinajstić information content (AvgIpc) is 3.15. The van der Waals surface area contributed by atoms with Crippen molar-refractivity contribution in [2.24, 2.45) is 0 Å². The fourth-order valence-corrected chi connectivity index (χ4v) is 4.27. The van der Waals surface area contributed by atoms with Crippen LogP contribution in [0.1, 0.15) is 18.4 Å². The maximum absolute atomic E-state index is 14.2. The fraction of sp³-hybridized carbons (Fsp3) is 0.529. The third-order valence-electron chi connectivity index (χ3n) is 5.38. The first kappa shape index (κ1) is 18.2. The van der Waals surface area contributed by atoms with E-state index < -0.39 is 6.17 Å². The summed E-state index contributed by atoms with van der Waals surface area (Å²) in [5.74, 6) is 1.46. The molecule has 2 atom stereocenters. The van der Waals surface area contributed by atoms with E-state index in [1.807, 2.05) is 47.1 Å². The van der Waals surface area contributed by atoms with E-state index >= 15 is 0 Å². The molecule has 1 aromatic heterocycles. The molecule has 2 aliphatic rings. The van der Waals surface area contributed by atoms with Gasteiger partial charge in [-0.15, -0.1) is 10.2 Å². The monoisotopic (exact) mass is 490 g/mol. The number of rotatable bonds is 5. The first-order valence-corrected chi connectivity index (χ1v) is 10.3. The van der Waals surface area contributed by atoms with E-state index in [9.17, 15) is 4.39 Å². The number of anilines is 2. The van der Waals surface area contributed by atoms with Gasteiger partial charge in [-0.2, -0.15) is 0 Å². The topological polar surface area (TPSA) is 60.1 Å². The Morgan fingerprint density at radius 2 is 1.96 bits per heavy atom. The summed E-state index contributed by atoms with van der Waals surface area (Å²) in [6.45, 7) is 2.36. The molecule has 2 fully saturated rings. The second kappa shape index (κ2) is 7.85. The predicted molar refractivity (Wildman–Crippen MR) is 110 cm³/mol. The SMILES string of the molecule is F[C@@H]1CN(C2CCN(c3nnc(NI)[nH]3)CC2)C1Cc1ccc(Cl)cc1. The van der Waals surface area contributed by atoms with Crippen LogP contribution >= 0.6 is 34.5 Å². The quantitative estimate of drug-likeness (QED) is 0.497. The number of aromatic nitrogens is 3. The van der Waals surface area contributed by atoms with Crippen LogP contribution in [0.2, 0.25) is 5.02 Å². The Hall–Kier alpha value is -1.13. The van der Waals surface area contributed by atoms with Crippen molar-refractivity contribution in [3.63, 3.8) is 0 Å². The first-order chi connectivity index (χ1) is 12.6. The van der Waals surface area contributed by atoms with Gasteiger partial charge < -0.3 is 4.90 Å². The summed E-state index contributed by atoms with van der Waals surface area (Å²) in [5, 5.41) is 8.92. The van der Waals surface area contributed by atoms with Crippen LogP contribution in [0.5, 0.6) is 0 Å².